The lowest BCUT2D eigenvalue weighted by molar-refractivity contribution is 0.0689. The van der Waals surface area contributed by atoms with Gasteiger partial charge in [-0.15, -0.1) is 16.4 Å². The lowest BCUT2D eigenvalue weighted by Gasteiger charge is -2.11. The second-order valence-electron chi connectivity index (χ2n) is 5.00. The Morgan fingerprint density at radius 2 is 2.05 bits per heavy atom. The largest absolute Gasteiger partial charge is 0.476 e. The third-order valence-corrected chi connectivity index (χ3v) is 4.96. The minimum absolute atomic E-state index is 0.114. The molecule has 1 aliphatic rings. The van der Waals surface area contributed by atoms with Gasteiger partial charge in [0.05, 0.1) is 11.3 Å². The smallest absolute Gasteiger partial charge is 0.358 e. The second-order valence-corrected chi connectivity index (χ2v) is 6.08. The Labute approximate surface area is 124 Å². The van der Waals surface area contributed by atoms with Crippen LogP contribution in [0, 0.1) is 6.92 Å². The molecule has 0 bridgehead atoms. The van der Waals surface area contributed by atoms with Gasteiger partial charge in [0, 0.05) is 4.88 Å². The summed E-state index contributed by atoms with van der Waals surface area (Å²) < 4.78 is 1.41. The fourth-order valence-electron chi connectivity index (χ4n) is 2.67. The number of aryl methyl sites for hydroxylation is 1. The van der Waals surface area contributed by atoms with Gasteiger partial charge in [0.15, 0.2) is 5.69 Å². The van der Waals surface area contributed by atoms with E-state index in [0.29, 0.717) is 16.3 Å². The van der Waals surface area contributed by atoms with Crippen LogP contribution in [0.2, 0.25) is 0 Å². The summed E-state index contributed by atoms with van der Waals surface area (Å²) in [7, 11) is 0. The van der Waals surface area contributed by atoms with Crippen LogP contribution in [0.1, 0.15) is 49.8 Å². The Kier molecular flexibility index (Phi) is 3.25. The van der Waals surface area contributed by atoms with Gasteiger partial charge in [-0.1, -0.05) is 5.21 Å². The van der Waals surface area contributed by atoms with Crippen molar-refractivity contribution in [2.24, 2.45) is 5.73 Å². The number of nitrogens with two attached hydrogens (primary N) is 1. The molecule has 0 aliphatic heterocycles. The number of aromatic nitrogens is 3. The molecule has 7 nitrogen and oxygen atoms in total. The molecule has 2 heterocycles. The summed E-state index contributed by atoms with van der Waals surface area (Å²) in [5.74, 6) is -1.64. The lowest BCUT2D eigenvalue weighted by Crippen LogP contribution is -2.17. The molecule has 8 heteroatoms. The molecule has 3 rings (SSSR count). The highest BCUT2D eigenvalue weighted by Crippen LogP contribution is 2.36. The molecule has 2 aromatic rings. The summed E-state index contributed by atoms with van der Waals surface area (Å²) in [6.45, 7) is 1.62. The van der Waals surface area contributed by atoms with Crippen LogP contribution in [-0.2, 0) is 12.8 Å². The third kappa shape index (κ3) is 2.11. The third-order valence-electron chi connectivity index (χ3n) is 3.69. The second kappa shape index (κ2) is 4.96. The molecule has 0 radical (unpaired) electrons. The number of aromatic carboxylic acids is 1. The molecule has 0 fully saturated rings. The number of rotatable bonds is 3. The Morgan fingerprint density at radius 1 is 1.33 bits per heavy atom. The Morgan fingerprint density at radius 3 is 2.67 bits per heavy atom. The molecule has 1 amide bonds. The van der Waals surface area contributed by atoms with E-state index in [1.807, 2.05) is 0 Å². The van der Waals surface area contributed by atoms with E-state index >= 15 is 0 Å². The van der Waals surface area contributed by atoms with Crippen molar-refractivity contribution in [1.82, 2.24) is 15.0 Å². The molecule has 0 atom stereocenters. The number of primary amides is 1. The first kappa shape index (κ1) is 13.7. The number of carboxylic acid groups (broad SMARTS) is 1. The number of carboxylic acids is 1. The standard InChI is InChI=1S/C13H14N4O3S/c1-6-10(13(19)20)15-16-17(6)12-9(11(14)18)7-4-2-3-5-8(7)21-12/h2-5H2,1H3,(H2,14,18)(H,19,20). The molecule has 21 heavy (non-hydrogen) atoms. The van der Waals surface area contributed by atoms with Gasteiger partial charge in [-0.25, -0.2) is 9.48 Å². The van der Waals surface area contributed by atoms with Crippen molar-refractivity contribution in [3.63, 3.8) is 0 Å². The highest BCUT2D eigenvalue weighted by Gasteiger charge is 2.27. The quantitative estimate of drug-likeness (QED) is 0.888. The van der Waals surface area contributed by atoms with E-state index in [0.717, 1.165) is 36.1 Å². The SMILES string of the molecule is Cc1c(C(=O)O)nnn1-c1sc2c(c1C(N)=O)CCCC2. The van der Waals surface area contributed by atoms with E-state index in [1.54, 1.807) is 6.92 Å². The number of hydrogen-bond acceptors (Lipinski definition) is 5. The number of thiophene rings is 1. The number of hydrogen-bond donors (Lipinski definition) is 2. The van der Waals surface area contributed by atoms with Crippen LogP contribution in [0.15, 0.2) is 0 Å². The van der Waals surface area contributed by atoms with Gasteiger partial charge in [-0.05, 0) is 38.2 Å². The first-order valence-electron chi connectivity index (χ1n) is 6.61. The first-order valence-corrected chi connectivity index (χ1v) is 7.42. The predicted molar refractivity (Wildman–Crippen MR) is 76.1 cm³/mol. The molecule has 3 N–H and O–H groups in total. The van der Waals surface area contributed by atoms with E-state index < -0.39 is 11.9 Å². The first-order chi connectivity index (χ1) is 10.0. The van der Waals surface area contributed by atoms with E-state index in [2.05, 4.69) is 10.3 Å². The van der Waals surface area contributed by atoms with Gasteiger partial charge in [0.2, 0.25) is 0 Å². The van der Waals surface area contributed by atoms with Crippen molar-refractivity contribution in [2.45, 2.75) is 32.6 Å². The molecular weight excluding hydrogens is 292 g/mol. The zero-order chi connectivity index (χ0) is 15.1. The van der Waals surface area contributed by atoms with Crippen molar-refractivity contribution < 1.29 is 14.7 Å². The van der Waals surface area contributed by atoms with Crippen LogP contribution >= 0.6 is 11.3 Å². The number of fused-ring (bicyclic) bond motifs is 1. The average Bonchev–Trinajstić information content (AvgIpc) is 2.98. The summed E-state index contributed by atoms with van der Waals surface area (Å²) in [6.07, 6.45) is 3.85. The topological polar surface area (TPSA) is 111 Å². The normalized spacial score (nSPS) is 14.0. The van der Waals surface area contributed by atoms with Crippen LogP contribution in [0.3, 0.4) is 0 Å². The zero-order valence-electron chi connectivity index (χ0n) is 11.4. The lowest BCUT2D eigenvalue weighted by atomic mass is 9.95. The van der Waals surface area contributed by atoms with Gasteiger partial charge < -0.3 is 10.8 Å². The van der Waals surface area contributed by atoms with E-state index in [4.69, 9.17) is 10.8 Å². The van der Waals surface area contributed by atoms with Crippen LogP contribution in [0.25, 0.3) is 5.00 Å². The van der Waals surface area contributed by atoms with Gasteiger partial charge in [-0.3, -0.25) is 4.79 Å². The van der Waals surface area contributed by atoms with Crippen LogP contribution in [-0.4, -0.2) is 32.0 Å². The number of carbonyl (C=O) groups is 2. The maximum atomic E-state index is 11.8. The Hall–Kier alpha value is -2.22. The monoisotopic (exact) mass is 306 g/mol. The highest BCUT2D eigenvalue weighted by molar-refractivity contribution is 7.15. The molecule has 110 valence electrons. The highest BCUT2D eigenvalue weighted by atomic mass is 32.1. The number of amides is 1. The van der Waals surface area contributed by atoms with Crippen LogP contribution < -0.4 is 5.73 Å². The minimum atomic E-state index is -1.14. The summed E-state index contributed by atoms with van der Waals surface area (Å²) in [5, 5.41) is 17.2. The molecule has 0 aromatic carbocycles. The van der Waals surface area contributed by atoms with Crippen molar-refractivity contribution in [3.05, 3.63) is 27.4 Å². The van der Waals surface area contributed by atoms with Gasteiger partial charge in [0.25, 0.3) is 5.91 Å². The molecule has 0 unspecified atom stereocenters. The molecule has 1 aliphatic carbocycles. The summed E-state index contributed by atoms with van der Waals surface area (Å²) in [5.41, 5.74) is 7.25. The van der Waals surface area contributed by atoms with Gasteiger partial charge in [0.1, 0.15) is 5.00 Å². The molecular formula is C13H14N4O3S. The van der Waals surface area contributed by atoms with Gasteiger partial charge in [-0.2, -0.15) is 0 Å². The van der Waals surface area contributed by atoms with Crippen molar-refractivity contribution in [3.8, 4) is 5.00 Å². The maximum absolute atomic E-state index is 11.8. The van der Waals surface area contributed by atoms with E-state index in [-0.39, 0.29) is 5.69 Å². The predicted octanol–water partition coefficient (Wildman–Crippen LogP) is 1.31. The number of carbonyl (C=O) groups excluding carboxylic acids is 1. The molecule has 0 saturated carbocycles. The Balaban J connectivity index is 2.21. The van der Waals surface area contributed by atoms with Crippen molar-refractivity contribution in [2.75, 3.05) is 0 Å². The van der Waals surface area contributed by atoms with Crippen LogP contribution in [0.4, 0.5) is 0 Å². The van der Waals surface area contributed by atoms with E-state index in [1.165, 1.54) is 16.0 Å². The summed E-state index contributed by atoms with van der Waals surface area (Å²) in [4.78, 5) is 24.0. The van der Waals surface area contributed by atoms with E-state index in [9.17, 15) is 9.59 Å². The summed E-state index contributed by atoms with van der Waals surface area (Å²) >= 11 is 1.45. The number of nitrogens with zero attached hydrogens (tertiary/aromatic N) is 3. The molecule has 2 aromatic heterocycles. The maximum Gasteiger partial charge on any atom is 0.358 e. The summed E-state index contributed by atoms with van der Waals surface area (Å²) in [6, 6.07) is 0. The Bertz CT molecular complexity index is 747. The molecule has 0 spiro atoms. The molecule has 0 saturated heterocycles. The average molecular weight is 306 g/mol. The fraction of sp³-hybridized carbons (Fsp3) is 0.385. The minimum Gasteiger partial charge on any atom is -0.476 e. The van der Waals surface area contributed by atoms with Crippen molar-refractivity contribution in [1.29, 1.82) is 0 Å². The van der Waals surface area contributed by atoms with Gasteiger partial charge >= 0.3 is 5.97 Å². The van der Waals surface area contributed by atoms with Crippen LogP contribution in [0.5, 0.6) is 0 Å². The fourth-order valence-corrected chi connectivity index (χ4v) is 4.07. The zero-order valence-corrected chi connectivity index (χ0v) is 12.2. The van der Waals surface area contributed by atoms with Crippen molar-refractivity contribution >= 4 is 23.2 Å².